The molecule has 0 N–H and O–H groups in total. The van der Waals surface area contributed by atoms with Gasteiger partial charge in [-0.15, -0.1) is 10.2 Å². The van der Waals surface area contributed by atoms with Gasteiger partial charge < -0.3 is 0 Å². The zero-order valence-electron chi connectivity index (χ0n) is 8.17. The Labute approximate surface area is 112 Å². The van der Waals surface area contributed by atoms with E-state index in [1.54, 1.807) is 18.2 Å². The number of halogens is 5. The lowest BCUT2D eigenvalue weighted by Crippen LogP contribution is -2.29. The molecule has 1 aliphatic heterocycles. The van der Waals surface area contributed by atoms with Gasteiger partial charge >= 0.3 is 11.8 Å². The molecule has 0 saturated carbocycles. The van der Waals surface area contributed by atoms with Crippen LogP contribution in [0, 0.1) is 0 Å². The number of hydrogen-bond donors (Lipinski definition) is 0. The van der Waals surface area contributed by atoms with Gasteiger partial charge in [-0.05, 0) is 43.5 Å². The molecule has 1 aliphatic rings. The van der Waals surface area contributed by atoms with E-state index in [9.17, 15) is 13.2 Å². The summed E-state index contributed by atoms with van der Waals surface area (Å²) in [6.07, 6.45) is -2.74. The Morgan fingerprint density at radius 2 is 1.65 bits per heavy atom. The Hall–Kier alpha value is -0.690. The summed E-state index contributed by atoms with van der Waals surface area (Å²) < 4.78 is 38.7. The highest BCUT2D eigenvalue weighted by atomic mass is 79.9. The lowest BCUT2D eigenvalue weighted by molar-refractivity contribution is -0.166. The molecule has 0 fully saturated rings. The topological polar surface area (TPSA) is 24.7 Å². The van der Waals surface area contributed by atoms with E-state index < -0.39 is 11.8 Å². The zero-order chi connectivity index (χ0) is 12.7. The highest BCUT2D eigenvalue weighted by Gasteiger charge is 2.65. The van der Waals surface area contributed by atoms with E-state index >= 15 is 0 Å². The largest absolute Gasteiger partial charge is 0.442 e. The average Bonchev–Trinajstić information content (AvgIpc) is 2.97. The van der Waals surface area contributed by atoms with Gasteiger partial charge in [0, 0.05) is 5.56 Å². The maximum atomic E-state index is 12.7. The molecular weight excluding hydrogens is 365 g/mol. The van der Waals surface area contributed by atoms with E-state index in [1.807, 2.05) is 0 Å². The Morgan fingerprint density at radius 3 is 2.00 bits per heavy atom. The third-order valence-corrected chi connectivity index (χ3v) is 2.74. The third-order valence-electron chi connectivity index (χ3n) is 2.28. The van der Waals surface area contributed by atoms with Crippen LogP contribution in [0.15, 0.2) is 37.9 Å². The predicted octanol–water partition coefficient (Wildman–Crippen LogP) is 4.96. The second-order valence-corrected chi connectivity index (χ2v) is 6.20. The SMILES string of the molecule is FC(F)(F)C1(c2ccc(C=C(Br)Br)cc2)N=N1. The Kier molecular flexibility index (Phi) is 3.15. The molecule has 1 aromatic rings. The molecule has 0 unspecified atom stereocenters. The van der Waals surface area contributed by atoms with Gasteiger partial charge in [-0.2, -0.15) is 13.2 Å². The predicted molar refractivity (Wildman–Crippen MR) is 64.9 cm³/mol. The lowest BCUT2D eigenvalue weighted by Gasteiger charge is -2.14. The maximum Gasteiger partial charge on any atom is 0.442 e. The monoisotopic (exact) mass is 368 g/mol. The molecule has 90 valence electrons. The summed E-state index contributed by atoms with van der Waals surface area (Å²) in [5.74, 6) is 0. The smallest absolute Gasteiger partial charge is 0.166 e. The lowest BCUT2D eigenvalue weighted by atomic mass is 10.0. The van der Waals surface area contributed by atoms with Crippen LogP contribution in [-0.4, -0.2) is 6.18 Å². The minimum Gasteiger partial charge on any atom is -0.166 e. The highest BCUT2D eigenvalue weighted by Crippen LogP contribution is 2.52. The first-order valence-corrected chi connectivity index (χ1v) is 6.08. The number of hydrogen-bond acceptors (Lipinski definition) is 2. The van der Waals surface area contributed by atoms with E-state index in [0.717, 1.165) is 5.56 Å². The second kappa shape index (κ2) is 4.20. The van der Waals surface area contributed by atoms with Gasteiger partial charge in [-0.3, -0.25) is 0 Å². The van der Waals surface area contributed by atoms with E-state index in [0.29, 0.717) is 3.39 Å². The number of nitrogens with zero attached hydrogens (tertiary/aromatic N) is 2. The standard InChI is InChI=1S/C10H5Br2F3N2/c11-8(12)5-6-1-3-7(4-2-6)9(16-17-9)10(13,14)15/h1-5H. The molecule has 0 aliphatic carbocycles. The molecular formula is C10H5Br2F3N2. The van der Waals surface area contributed by atoms with Crippen LogP contribution in [0.25, 0.3) is 6.08 Å². The molecule has 0 bridgehead atoms. The summed E-state index contributed by atoms with van der Waals surface area (Å²) >= 11 is 6.35. The maximum absolute atomic E-state index is 12.7. The van der Waals surface area contributed by atoms with E-state index in [1.165, 1.54) is 12.1 Å². The molecule has 1 heterocycles. The molecule has 1 aromatic carbocycles. The van der Waals surface area contributed by atoms with Crippen LogP contribution < -0.4 is 0 Å². The van der Waals surface area contributed by atoms with Crippen molar-refractivity contribution in [1.29, 1.82) is 0 Å². The minimum atomic E-state index is -4.47. The summed E-state index contributed by atoms with van der Waals surface area (Å²) in [5, 5.41) is 6.26. The van der Waals surface area contributed by atoms with Crippen LogP contribution in [0.1, 0.15) is 11.1 Å². The quantitative estimate of drug-likeness (QED) is 0.704. The van der Waals surface area contributed by atoms with Crippen molar-refractivity contribution in [3.8, 4) is 0 Å². The number of alkyl halides is 3. The van der Waals surface area contributed by atoms with Gasteiger partial charge in [0.15, 0.2) is 0 Å². The Morgan fingerprint density at radius 1 is 1.12 bits per heavy atom. The molecule has 2 rings (SSSR count). The molecule has 0 amide bonds. The van der Waals surface area contributed by atoms with Crippen LogP contribution in [0.3, 0.4) is 0 Å². The number of benzene rings is 1. The van der Waals surface area contributed by atoms with Crippen LogP contribution in [-0.2, 0) is 5.66 Å². The van der Waals surface area contributed by atoms with Crippen LogP contribution in [0.5, 0.6) is 0 Å². The normalized spacial score (nSPS) is 16.8. The van der Waals surface area contributed by atoms with Crippen molar-refractivity contribution in [1.82, 2.24) is 0 Å². The van der Waals surface area contributed by atoms with Crippen molar-refractivity contribution in [3.63, 3.8) is 0 Å². The van der Waals surface area contributed by atoms with Crippen LogP contribution in [0.2, 0.25) is 0 Å². The van der Waals surface area contributed by atoms with Gasteiger partial charge in [0.2, 0.25) is 0 Å². The highest BCUT2D eigenvalue weighted by molar-refractivity contribution is 9.28. The van der Waals surface area contributed by atoms with Crippen molar-refractivity contribution in [2.45, 2.75) is 11.8 Å². The third kappa shape index (κ3) is 2.44. The summed E-state index contributed by atoms with van der Waals surface area (Å²) in [6.45, 7) is 0. The van der Waals surface area contributed by atoms with Crippen molar-refractivity contribution >= 4 is 37.9 Å². The molecule has 0 radical (unpaired) electrons. The van der Waals surface area contributed by atoms with E-state index in [2.05, 4.69) is 42.1 Å². The van der Waals surface area contributed by atoms with E-state index in [4.69, 9.17) is 0 Å². The number of rotatable bonds is 2. The fraction of sp³-hybridized carbons (Fsp3) is 0.200. The van der Waals surface area contributed by atoms with Gasteiger partial charge in [0.1, 0.15) is 0 Å². The van der Waals surface area contributed by atoms with Gasteiger partial charge in [0.25, 0.3) is 0 Å². The molecule has 0 saturated heterocycles. The van der Waals surface area contributed by atoms with Crippen molar-refractivity contribution in [2.75, 3.05) is 0 Å². The first-order valence-electron chi connectivity index (χ1n) is 4.49. The molecule has 0 atom stereocenters. The molecule has 0 spiro atoms. The van der Waals surface area contributed by atoms with Gasteiger partial charge in [-0.1, -0.05) is 24.3 Å². The van der Waals surface area contributed by atoms with Gasteiger partial charge in [0.05, 0.1) is 3.39 Å². The fourth-order valence-electron chi connectivity index (χ4n) is 1.38. The van der Waals surface area contributed by atoms with Crippen LogP contribution in [0.4, 0.5) is 13.2 Å². The van der Waals surface area contributed by atoms with Gasteiger partial charge in [-0.25, -0.2) is 0 Å². The summed E-state index contributed by atoms with van der Waals surface area (Å²) in [6, 6.07) is 5.91. The fourth-order valence-corrected chi connectivity index (χ4v) is 1.91. The van der Waals surface area contributed by atoms with Crippen molar-refractivity contribution in [2.24, 2.45) is 10.2 Å². The molecule has 0 aromatic heterocycles. The van der Waals surface area contributed by atoms with Crippen molar-refractivity contribution in [3.05, 3.63) is 38.8 Å². The average molecular weight is 370 g/mol. The summed E-state index contributed by atoms with van der Waals surface area (Å²) in [4.78, 5) is 0. The van der Waals surface area contributed by atoms with Crippen molar-refractivity contribution < 1.29 is 13.2 Å². The molecule has 2 nitrogen and oxygen atoms in total. The Bertz CT molecular complexity index is 481. The second-order valence-electron chi connectivity index (χ2n) is 3.43. The Balaban J connectivity index is 2.28. The minimum absolute atomic E-state index is 0.0350. The summed E-state index contributed by atoms with van der Waals surface area (Å²) in [7, 11) is 0. The molecule has 7 heteroatoms. The molecule has 17 heavy (non-hydrogen) atoms. The first-order chi connectivity index (χ1) is 7.85. The zero-order valence-corrected chi connectivity index (χ0v) is 11.3. The van der Waals surface area contributed by atoms with Crippen LogP contribution >= 0.6 is 31.9 Å². The first kappa shape index (κ1) is 12.8. The summed E-state index contributed by atoms with van der Waals surface area (Å²) in [5.41, 5.74) is -1.52. The van der Waals surface area contributed by atoms with E-state index in [-0.39, 0.29) is 5.56 Å².